The van der Waals surface area contributed by atoms with Crippen molar-refractivity contribution in [3.8, 4) is 0 Å². The van der Waals surface area contributed by atoms with Crippen LogP contribution in [-0.2, 0) is 4.74 Å². The van der Waals surface area contributed by atoms with Crippen molar-refractivity contribution >= 4 is 34.2 Å². The van der Waals surface area contributed by atoms with E-state index in [1.807, 2.05) is 0 Å². The SMILES string of the molecule is ClC1CCCC(I)O1. The van der Waals surface area contributed by atoms with Gasteiger partial charge in [-0.3, -0.25) is 0 Å². The Labute approximate surface area is 67.9 Å². The summed E-state index contributed by atoms with van der Waals surface area (Å²) in [6.07, 6.45) is 3.38. The molecule has 0 aliphatic carbocycles. The first kappa shape index (κ1) is 7.09. The zero-order chi connectivity index (χ0) is 5.98. The van der Waals surface area contributed by atoms with Gasteiger partial charge in [-0.25, -0.2) is 0 Å². The lowest BCUT2D eigenvalue weighted by atomic mass is 10.2. The second kappa shape index (κ2) is 3.22. The summed E-state index contributed by atoms with van der Waals surface area (Å²) in [7, 11) is 0. The van der Waals surface area contributed by atoms with Gasteiger partial charge >= 0.3 is 0 Å². The van der Waals surface area contributed by atoms with E-state index in [9.17, 15) is 0 Å². The van der Waals surface area contributed by atoms with Gasteiger partial charge in [-0.05, 0) is 19.3 Å². The summed E-state index contributed by atoms with van der Waals surface area (Å²) in [5, 5.41) is 0. The first-order chi connectivity index (χ1) is 3.79. The molecule has 2 unspecified atom stereocenters. The van der Waals surface area contributed by atoms with Gasteiger partial charge in [-0.1, -0.05) is 34.2 Å². The highest BCUT2D eigenvalue weighted by molar-refractivity contribution is 14.1. The van der Waals surface area contributed by atoms with Crippen molar-refractivity contribution < 1.29 is 4.74 Å². The highest BCUT2D eigenvalue weighted by atomic mass is 127. The lowest BCUT2D eigenvalue weighted by Gasteiger charge is -2.21. The predicted octanol–water partition coefficient (Wildman–Crippen LogP) is 2.51. The van der Waals surface area contributed by atoms with E-state index in [1.165, 1.54) is 6.42 Å². The Morgan fingerprint density at radius 1 is 1.50 bits per heavy atom. The molecule has 3 heteroatoms. The first-order valence-corrected chi connectivity index (χ1v) is 4.41. The Kier molecular flexibility index (Phi) is 2.86. The van der Waals surface area contributed by atoms with Gasteiger partial charge in [0.15, 0.2) is 0 Å². The quantitative estimate of drug-likeness (QED) is 0.471. The number of ether oxygens (including phenoxy) is 1. The summed E-state index contributed by atoms with van der Waals surface area (Å²) in [5.74, 6) is 0. The van der Waals surface area contributed by atoms with Crippen LogP contribution in [-0.4, -0.2) is 9.67 Å². The van der Waals surface area contributed by atoms with Crippen molar-refractivity contribution in [3.63, 3.8) is 0 Å². The van der Waals surface area contributed by atoms with E-state index in [0.29, 0.717) is 4.11 Å². The number of hydrogen-bond acceptors (Lipinski definition) is 1. The van der Waals surface area contributed by atoms with Gasteiger partial charge in [0.05, 0.1) is 0 Å². The molecule has 0 spiro atoms. The molecule has 1 aliphatic rings. The van der Waals surface area contributed by atoms with Gasteiger partial charge in [-0.2, -0.15) is 0 Å². The average molecular weight is 246 g/mol. The van der Waals surface area contributed by atoms with Gasteiger partial charge in [0.2, 0.25) is 0 Å². The Balaban J connectivity index is 2.23. The van der Waals surface area contributed by atoms with Gasteiger partial charge < -0.3 is 4.74 Å². The fourth-order valence-corrected chi connectivity index (χ4v) is 1.98. The Hall–Kier alpha value is 0.980. The zero-order valence-corrected chi connectivity index (χ0v) is 7.35. The summed E-state index contributed by atoms with van der Waals surface area (Å²) in [4.78, 5) is 0. The van der Waals surface area contributed by atoms with Gasteiger partial charge in [0.1, 0.15) is 9.67 Å². The molecule has 0 aromatic carbocycles. The van der Waals surface area contributed by atoms with Crippen molar-refractivity contribution in [2.45, 2.75) is 28.9 Å². The topological polar surface area (TPSA) is 9.23 Å². The molecular weight excluding hydrogens is 238 g/mol. The molecule has 1 saturated heterocycles. The van der Waals surface area contributed by atoms with Crippen LogP contribution in [0.3, 0.4) is 0 Å². The Morgan fingerprint density at radius 3 is 2.62 bits per heavy atom. The van der Waals surface area contributed by atoms with Crippen molar-refractivity contribution in [1.29, 1.82) is 0 Å². The summed E-state index contributed by atoms with van der Waals surface area (Å²) >= 11 is 7.95. The van der Waals surface area contributed by atoms with E-state index >= 15 is 0 Å². The van der Waals surface area contributed by atoms with Crippen LogP contribution in [0.2, 0.25) is 0 Å². The standard InChI is InChI=1S/C5H8ClIO/c6-4-2-1-3-5(7)8-4/h4-5H,1-3H2. The van der Waals surface area contributed by atoms with E-state index in [2.05, 4.69) is 22.6 Å². The van der Waals surface area contributed by atoms with E-state index in [0.717, 1.165) is 12.8 Å². The van der Waals surface area contributed by atoms with Crippen LogP contribution in [0.4, 0.5) is 0 Å². The van der Waals surface area contributed by atoms with E-state index < -0.39 is 0 Å². The molecule has 0 amide bonds. The maximum absolute atomic E-state index is 5.68. The third kappa shape index (κ3) is 2.07. The zero-order valence-electron chi connectivity index (χ0n) is 4.44. The Morgan fingerprint density at radius 2 is 2.25 bits per heavy atom. The van der Waals surface area contributed by atoms with Crippen molar-refractivity contribution in [2.75, 3.05) is 0 Å². The maximum atomic E-state index is 5.68. The maximum Gasteiger partial charge on any atom is 0.132 e. The Bertz CT molecular complexity index is 70.8. The van der Waals surface area contributed by atoms with E-state index in [1.54, 1.807) is 0 Å². The third-order valence-electron chi connectivity index (χ3n) is 1.16. The third-order valence-corrected chi connectivity index (χ3v) is 2.39. The monoisotopic (exact) mass is 246 g/mol. The number of halogens is 2. The fraction of sp³-hybridized carbons (Fsp3) is 1.00. The normalized spacial score (nSPS) is 39.8. The molecule has 48 valence electrons. The minimum absolute atomic E-state index is 0.0225. The number of alkyl halides is 2. The van der Waals surface area contributed by atoms with Crippen LogP contribution in [0.1, 0.15) is 19.3 Å². The first-order valence-electron chi connectivity index (χ1n) is 2.72. The fourth-order valence-electron chi connectivity index (χ4n) is 0.735. The van der Waals surface area contributed by atoms with Gasteiger partial charge in [-0.15, -0.1) is 0 Å². The van der Waals surface area contributed by atoms with Crippen molar-refractivity contribution in [3.05, 3.63) is 0 Å². The molecule has 0 aromatic heterocycles. The van der Waals surface area contributed by atoms with Crippen LogP contribution in [0.5, 0.6) is 0 Å². The largest absolute Gasteiger partial charge is 0.349 e. The predicted molar refractivity (Wildman–Crippen MR) is 42.4 cm³/mol. The lowest BCUT2D eigenvalue weighted by Crippen LogP contribution is -2.18. The lowest BCUT2D eigenvalue weighted by molar-refractivity contribution is 0.0553. The molecule has 0 bridgehead atoms. The van der Waals surface area contributed by atoms with Gasteiger partial charge in [0.25, 0.3) is 0 Å². The molecule has 1 rings (SSSR count). The smallest absolute Gasteiger partial charge is 0.132 e. The van der Waals surface area contributed by atoms with E-state index in [-0.39, 0.29) is 5.56 Å². The molecule has 1 aliphatic heterocycles. The molecule has 0 aromatic rings. The second-order valence-electron chi connectivity index (χ2n) is 1.89. The molecule has 1 nitrogen and oxygen atoms in total. The summed E-state index contributed by atoms with van der Waals surface area (Å²) < 4.78 is 5.59. The van der Waals surface area contributed by atoms with Crippen LogP contribution >= 0.6 is 34.2 Å². The molecule has 0 radical (unpaired) electrons. The molecule has 2 atom stereocenters. The van der Waals surface area contributed by atoms with Crippen LogP contribution in [0.25, 0.3) is 0 Å². The molecular formula is C5H8ClIO. The van der Waals surface area contributed by atoms with Crippen molar-refractivity contribution in [2.24, 2.45) is 0 Å². The summed E-state index contributed by atoms with van der Waals surface area (Å²) in [6, 6.07) is 0. The molecule has 0 N–H and O–H groups in total. The second-order valence-corrected chi connectivity index (χ2v) is 3.76. The summed E-state index contributed by atoms with van der Waals surface area (Å²) in [6.45, 7) is 0. The van der Waals surface area contributed by atoms with Crippen molar-refractivity contribution in [1.82, 2.24) is 0 Å². The van der Waals surface area contributed by atoms with Crippen LogP contribution in [0.15, 0.2) is 0 Å². The van der Waals surface area contributed by atoms with E-state index in [4.69, 9.17) is 16.3 Å². The number of rotatable bonds is 0. The molecule has 8 heavy (non-hydrogen) atoms. The highest BCUT2D eigenvalue weighted by Gasteiger charge is 2.16. The summed E-state index contributed by atoms with van der Waals surface area (Å²) in [5.41, 5.74) is -0.0225. The highest BCUT2D eigenvalue weighted by Crippen LogP contribution is 2.24. The minimum atomic E-state index is -0.0225. The number of hydrogen-bond donors (Lipinski definition) is 0. The molecule has 1 heterocycles. The average Bonchev–Trinajstić information content (AvgIpc) is 1.64. The van der Waals surface area contributed by atoms with Crippen LogP contribution in [0, 0.1) is 0 Å². The van der Waals surface area contributed by atoms with Crippen LogP contribution < -0.4 is 0 Å². The molecule has 1 fully saturated rings. The minimum Gasteiger partial charge on any atom is -0.349 e. The molecule has 0 saturated carbocycles. The van der Waals surface area contributed by atoms with Gasteiger partial charge in [0, 0.05) is 0 Å².